The number of nitrogens with zero attached hydrogens (tertiary/aromatic N) is 3. The number of nitrogens with one attached hydrogen (secondary N) is 1. The average molecular weight is 226 g/mol. The molecule has 0 bridgehead atoms. The number of anilines is 1. The van der Waals surface area contributed by atoms with Crippen LogP contribution in [0.25, 0.3) is 0 Å². The summed E-state index contributed by atoms with van der Waals surface area (Å²) in [4.78, 5) is 10.8. The van der Waals surface area contributed by atoms with E-state index in [2.05, 4.69) is 34.3 Å². The van der Waals surface area contributed by atoms with Crippen LogP contribution in [0.2, 0.25) is 0 Å². The number of rotatable bonds is 5. The summed E-state index contributed by atoms with van der Waals surface area (Å²) < 4.78 is 0. The van der Waals surface area contributed by atoms with Crippen LogP contribution in [-0.2, 0) is 0 Å². The van der Waals surface area contributed by atoms with E-state index in [0.717, 1.165) is 23.0 Å². The van der Waals surface area contributed by atoms with Gasteiger partial charge in [-0.15, -0.1) is 11.8 Å². The maximum Gasteiger partial charge on any atom is 0.223 e. The van der Waals surface area contributed by atoms with Crippen LogP contribution in [0.15, 0.2) is 11.1 Å². The molecule has 15 heavy (non-hydrogen) atoms. The summed E-state index contributed by atoms with van der Waals surface area (Å²) in [5.41, 5.74) is 1.00. The lowest BCUT2D eigenvalue weighted by Crippen LogP contribution is -2.14. The van der Waals surface area contributed by atoms with Gasteiger partial charge in [-0.2, -0.15) is 0 Å². The van der Waals surface area contributed by atoms with E-state index in [-0.39, 0.29) is 0 Å². The molecular weight excluding hydrogens is 208 g/mol. The molecule has 1 aromatic rings. The zero-order chi connectivity index (χ0) is 11.3. The monoisotopic (exact) mass is 226 g/mol. The van der Waals surface area contributed by atoms with Crippen molar-refractivity contribution < 1.29 is 0 Å². The lowest BCUT2D eigenvalue weighted by atomic mass is 10.5. The summed E-state index contributed by atoms with van der Waals surface area (Å²) in [7, 11) is 5.98. The summed E-state index contributed by atoms with van der Waals surface area (Å²) in [6.07, 6.45) is 0. The molecule has 0 radical (unpaired) electrons. The molecule has 0 atom stereocenters. The summed E-state index contributed by atoms with van der Waals surface area (Å²) in [5.74, 6) is 1.74. The van der Waals surface area contributed by atoms with Crippen molar-refractivity contribution in [2.45, 2.75) is 11.9 Å². The first-order valence-electron chi connectivity index (χ1n) is 4.93. The van der Waals surface area contributed by atoms with Crippen LogP contribution in [0, 0.1) is 6.92 Å². The van der Waals surface area contributed by atoms with Crippen molar-refractivity contribution in [3.05, 3.63) is 11.8 Å². The highest BCUT2D eigenvalue weighted by Crippen LogP contribution is 2.17. The Kier molecular flexibility index (Phi) is 4.84. The summed E-state index contributed by atoms with van der Waals surface area (Å²) in [6, 6.07) is 2.02. The summed E-state index contributed by atoms with van der Waals surface area (Å²) in [5, 5.41) is 4.00. The van der Waals surface area contributed by atoms with Crippen LogP contribution >= 0.6 is 11.8 Å². The van der Waals surface area contributed by atoms with Crippen molar-refractivity contribution in [2.75, 3.05) is 38.8 Å². The Morgan fingerprint density at radius 2 is 2.13 bits per heavy atom. The van der Waals surface area contributed by atoms with Gasteiger partial charge >= 0.3 is 0 Å². The lowest BCUT2D eigenvalue weighted by molar-refractivity contribution is 0.437. The topological polar surface area (TPSA) is 41.1 Å². The molecule has 0 aliphatic rings. The number of aryl methyl sites for hydroxylation is 1. The quantitative estimate of drug-likeness (QED) is 0.608. The molecule has 1 aromatic heterocycles. The standard InChI is InChI=1S/C10H18N4S/c1-8-7-9(13-10(11-2)12-8)15-6-5-14(3)4/h7H,5-6H2,1-4H3,(H,11,12,13). The fourth-order valence-electron chi connectivity index (χ4n) is 1.06. The molecule has 1 heterocycles. The van der Waals surface area contributed by atoms with E-state index in [1.165, 1.54) is 0 Å². The van der Waals surface area contributed by atoms with E-state index in [0.29, 0.717) is 5.95 Å². The van der Waals surface area contributed by atoms with Crippen molar-refractivity contribution in [3.63, 3.8) is 0 Å². The Morgan fingerprint density at radius 1 is 1.40 bits per heavy atom. The van der Waals surface area contributed by atoms with Gasteiger partial charge in [0.15, 0.2) is 0 Å². The fourth-order valence-corrected chi connectivity index (χ4v) is 2.13. The Bertz CT molecular complexity index is 314. The second-order valence-electron chi connectivity index (χ2n) is 3.57. The van der Waals surface area contributed by atoms with Gasteiger partial charge in [0.05, 0.1) is 0 Å². The van der Waals surface area contributed by atoms with E-state index in [1.807, 2.05) is 20.0 Å². The van der Waals surface area contributed by atoms with Gasteiger partial charge in [-0.25, -0.2) is 9.97 Å². The number of hydrogen-bond donors (Lipinski definition) is 1. The highest BCUT2D eigenvalue weighted by molar-refractivity contribution is 7.99. The zero-order valence-corrected chi connectivity index (χ0v) is 10.6. The Labute approximate surface area is 95.5 Å². The number of aromatic nitrogens is 2. The second-order valence-corrected chi connectivity index (χ2v) is 4.69. The molecule has 0 amide bonds. The first-order chi connectivity index (χ1) is 7.11. The van der Waals surface area contributed by atoms with Crippen LogP contribution in [0.1, 0.15) is 5.69 Å². The molecule has 0 aliphatic carbocycles. The van der Waals surface area contributed by atoms with Crippen LogP contribution in [0.3, 0.4) is 0 Å². The van der Waals surface area contributed by atoms with E-state index >= 15 is 0 Å². The smallest absolute Gasteiger partial charge is 0.223 e. The van der Waals surface area contributed by atoms with Crippen molar-refractivity contribution in [1.82, 2.24) is 14.9 Å². The van der Waals surface area contributed by atoms with Crippen LogP contribution in [0.5, 0.6) is 0 Å². The van der Waals surface area contributed by atoms with Gasteiger partial charge in [0.25, 0.3) is 0 Å². The zero-order valence-electron chi connectivity index (χ0n) is 9.74. The minimum Gasteiger partial charge on any atom is -0.357 e. The van der Waals surface area contributed by atoms with Gasteiger partial charge in [-0.3, -0.25) is 0 Å². The van der Waals surface area contributed by atoms with Gasteiger partial charge in [0, 0.05) is 25.0 Å². The second kappa shape index (κ2) is 5.92. The normalized spacial score (nSPS) is 10.7. The van der Waals surface area contributed by atoms with Gasteiger partial charge in [0.2, 0.25) is 5.95 Å². The largest absolute Gasteiger partial charge is 0.357 e. The lowest BCUT2D eigenvalue weighted by Gasteiger charge is -2.09. The number of hydrogen-bond acceptors (Lipinski definition) is 5. The minimum atomic E-state index is 0.697. The Balaban J connectivity index is 2.56. The molecule has 0 aromatic carbocycles. The Morgan fingerprint density at radius 3 is 2.73 bits per heavy atom. The molecule has 1 N–H and O–H groups in total. The predicted molar refractivity (Wildman–Crippen MR) is 65.6 cm³/mol. The molecule has 0 unspecified atom stereocenters. The van der Waals surface area contributed by atoms with E-state index in [9.17, 15) is 0 Å². The predicted octanol–water partition coefficient (Wildman–Crippen LogP) is 1.48. The summed E-state index contributed by atoms with van der Waals surface area (Å²) >= 11 is 1.76. The van der Waals surface area contributed by atoms with Crippen molar-refractivity contribution >= 4 is 17.7 Å². The van der Waals surface area contributed by atoms with E-state index < -0.39 is 0 Å². The van der Waals surface area contributed by atoms with Gasteiger partial charge in [0.1, 0.15) is 5.03 Å². The van der Waals surface area contributed by atoms with Crippen molar-refractivity contribution in [3.8, 4) is 0 Å². The van der Waals surface area contributed by atoms with E-state index in [1.54, 1.807) is 11.8 Å². The molecule has 1 rings (SSSR count). The molecule has 5 heteroatoms. The molecule has 0 spiro atoms. The SMILES string of the molecule is CNc1nc(C)cc(SCCN(C)C)n1. The molecule has 0 aliphatic heterocycles. The highest BCUT2D eigenvalue weighted by atomic mass is 32.2. The third-order valence-corrected chi connectivity index (χ3v) is 2.73. The molecule has 84 valence electrons. The van der Waals surface area contributed by atoms with Crippen molar-refractivity contribution in [2.24, 2.45) is 0 Å². The first-order valence-corrected chi connectivity index (χ1v) is 5.91. The third-order valence-electron chi connectivity index (χ3n) is 1.84. The molecular formula is C10H18N4S. The fraction of sp³-hybridized carbons (Fsp3) is 0.600. The summed E-state index contributed by atoms with van der Waals surface area (Å²) in [6.45, 7) is 3.04. The molecule has 0 fully saturated rings. The molecule has 0 saturated heterocycles. The van der Waals surface area contributed by atoms with Crippen molar-refractivity contribution in [1.29, 1.82) is 0 Å². The average Bonchev–Trinajstić information content (AvgIpc) is 2.16. The number of thioether (sulfide) groups is 1. The first kappa shape index (κ1) is 12.3. The van der Waals surface area contributed by atoms with Gasteiger partial charge in [-0.1, -0.05) is 0 Å². The third kappa shape index (κ3) is 4.48. The van der Waals surface area contributed by atoms with Gasteiger partial charge < -0.3 is 10.2 Å². The van der Waals surface area contributed by atoms with Crippen LogP contribution in [-0.4, -0.2) is 48.3 Å². The van der Waals surface area contributed by atoms with Crippen LogP contribution in [0.4, 0.5) is 5.95 Å². The minimum absolute atomic E-state index is 0.697. The Hall–Kier alpha value is -0.810. The highest BCUT2D eigenvalue weighted by Gasteiger charge is 2.01. The molecule has 4 nitrogen and oxygen atoms in total. The van der Waals surface area contributed by atoms with Gasteiger partial charge in [-0.05, 0) is 27.1 Å². The maximum absolute atomic E-state index is 4.37. The maximum atomic E-state index is 4.37. The van der Waals surface area contributed by atoms with Crippen LogP contribution < -0.4 is 5.32 Å². The molecule has 0 saturated carbocycles. The van der Waals surface area contributed by atoms with E-state index in [4.69, 9.17) is 0 Å².